The average Bonchev–Trinajstić information content (AvgIpc) is 2.78. The minimum absolute atomic E-state index is 0.180. The van der Waals surface area contributed by atoms with Gasteiger partial charge in [-0.2, -0.15) is 0 Å². The van der Waals surface area contributed by atoms with Crippen molar-refractivity contribution in [3.05, 3.63) is 30.1 Å². The molecule has 4 rings (SSSR count). The third-order valence-electron chi connectivity index (χ3n) is 4.31. The van der Waals surface area contributed by atoms with Gasteiger partial charge in [-0.15, -0.1) is 0 Å². The number of aryl methyl sites for hydroxylation is 1. The highest BCUT2D eigenvalue weighted by atomic mass is 19.3. The molecule has 1 fully saturated rings. The number of hydrogen-bond donors (Lipinski definition) is 2. The molecule has 1 saturated carbocycles. The van der Waals surface area contributed by atoms with Crippen molar-refractivity contribution in [2.24, 2.45) is 0 Å². The number of hydrogen-bond acceptors (Lipinski definition) is 5. The van der Waals surface area contributed by atoms with Gasteiger partial charge in [0.05, 0.1) is 5.69 Å². The fraction of sp³-hybridized carbons (Fsp3) is 0.312. The van der Waals surface area contributed by atoms with Crippen molar-refractivity contribution in [1.82, 2.24) is 19.5 Å². The van der Waals surface area contributed by atoms with E-state index in [4.69, 9.17) is 11.5 Å². The first-order valence-corrected chi connectivity index (χ1v) is 7.59. The molecular weight excluding hydrogens is 314 g/mol. The topological polar surface area (TPSA) is 95.6 Å². The van der Waals surface area contributed by atoms with E-state index in [1.54, 1.807) is 23.6 Å². The molecular formula is C16H16F2N6. The number of fused-ring (bicyclic) bond motifs is 1. The predicted molar refractivity (Wildman–Crippen MR) is 87.5 cm³/mol. The van der Waals surface area contributed by atoms with Gasteiger partial charge in [-0.05, 0) is 31.2 Å². The monoisotopic (exact) mass is 330 g/mol. The predicted octanol–water partition coefficient (Wildman–Crippen LogP) is 2.94. The Bertz CT molecular complexity index is 921. The molecule has 3 aromatic rings. The molecule has 3 heterocycles. The summed E-state index contributed by atoms with van der Waals surface area (Å²) in [5.74, 6) is -1.31. The second-order valence-electron chi connectivity index (χ2n) is 6.19. The van der Waals surface area contributed by atoms with Crippen molar-refractivity contribution in [3.63, 3.8) is 0 Å². The summed E-state index contributed by atoms with van der Waals surface area (Å²) in [6, 6.07) is 6.71. The van der Waals surface area contributed by atoms with Crippen LogP contribution in [0, 0.1) is 6.92 Å². The van der Waals surface area contributed by atoms with Crippen LogP contribution in [0.1, 0.15) is 24.7 Å². The van der Waals surface area contributed by atoms with Crippen LogP contribution < -0.4 is 11.5 Å². The summed E-state index contributed by atoms with van der Waals surface area (Å²) in [5.41, 5.74) is 14.1. The molecule has 0 radical (unpaired) electrons. The molecule has 0 aromatic carbocycles. The van der Waals surface area contributed by atoms with Crippen LogP contribution in [0.25, 0.3) is 22.4 Å². The van der Waals surface area contributed by atoms with E-state index in [0.717, 1.165) is 5.56 Å². The zero-order valence-corrected chi connectivity index (χ0v) is 13.0. The molecule has 3 aromatic heterocycles. The number of nitrogens with zero attached hydrogens (tertiary/aromatic N) is 4. The Kier molecular flexibility index (Phi) is 3.00. The van der Waals surface area contributed by atoms with Gasteiger partial charge in [0.25, 0.3) is 5.92 Å². The first-order chi connectivity index (χ1) is 11.3. The molecule has 6 nitrogen and oxygen atoms in total. The smallest absolute Gasteiger partial charge is 0.252 e. The SMILES string of the molecule is Cc1nc2ccc(-c3cc(N)nc(N)c3)nc2n1C1CC(F)(F)C1. The van der Waals surface area contributed by atoms with E-state index in [0.29, 0.717) is 34.3 Å². The zero-order chi connectivity index (χ0) is 17.1. The van der Waals surface area contributed by atoms with E-state index >= 15 is 0 Å². The second kappa shape index (κ2) is 4.86. The van der Waals surface area contributed by atoms with Gasteiger partial charge in [0.1, 0.15) is 23.0 Å². The standard InChI is InChI=1S/C16H16F2N6/c1-8-21-12-3-2-11(9-4-13(19)23-14(20)5-9)22-15(12)24(8)10-6-16(17,18)7-10/h2-5,10H,6-7H2,1H3,(H4,19,20,23). The Morgan fingerprint density at radius 3 is 2.38 bits per heavy atom. The molecule has 0 aliphatic heterocycles. The first-order valence-electron chi connectivity index (χ1n) is 7.59. The lowest BCUT2D eigenvalue weighted by atomic mass is 9.88. The fourth-order valence-electron chi connectivity index (χ4n) is 3.22. The van der Waals surface area contributed by atoms with Crippen LogP contribution in [-0.4, -0.2) is 25.4 Å². The van der Waals surface area contributed by atoms with Crippen molar-refractivity contribution in [2.75, 3.05) is 11.5 Å². The number of nitrogens with two attached hydrogens (primary N) is 2. The van der Waals surface area contributed by atoms with E-state index in [2.05, 4.69) is 15.0 Å². The van der Waals surface area contributed by atoms with Gasteiger partial charge in [0.2, 0.25) is 0 Å². The van der Waals surface area contributed by atoms with Crippen molar-refractivity contribution < 1.29 is 8.78 Å². The molecule has 8 heteroatoms. The number of anilines is 2. The molecule has 1 aliphatic rings. The van der Waals surface area contributed by atoms with E-state index in [-0.39, 0.29) is 18.9 Å². The number of halogens is 2. The van der Waals surface area contributed by atoms with E-state index in [1.807, 2.05) is 12.1 Å². The van der Waals surface area contributed by atoms with Gasteiger partial charge in [-0.25, -0.2) is 23.7 Å². The number of rotatable bonds is 2. The summed E-state index contributed by atoms with van der Waals surface area (Å²) in [5, 5.41) is 0. The van der Waals surface area contributed by atoms with Crippen molar-refractivity contribution >= 4 is 22.8 Å². The number of nitrogen functional groups attached to an aromatic ring is 2. The van der Waals surface area contributed by atoms with Crippen molar-refractivity contribution in [3.8, 4) is 11.3 Å². The molecule has 4 N–H and O–H groups in total. The summed E-state index contributed by atoms with van der Waals surface area (Å²) in [6.45, 7) is 1.81. The molecule has 0 spiro atoms. The van der Waals surface area contributed by atoms with Crippen LogP contribution in [0.5, 0.6) is 0 Å². The lowest BCUT2D eigenvalue weighted by Gasteiger charge is -2.36. The maximum Gasteiger partial charge on any atom is 0.252 e. The Labute approximate surface area is 136 Å². The van der Waals surface area contributed by atoms with Gasteiger partial charge >= 0.3 is 0 Å². The highest BCUT2D eigenvalue weighted by molar-refractivity contribution is 5.77. The molecule has 24 heavy (non-hydrogen) atoms. The molecule has 0 atom stereocenters. The molecule has 0 amide bonds. The molecule has 0 unspecified atom stereocenters. The highest BCUT2D eigenvalue weighted by Crippen LogP contribution is 2.46. The Hall–Kier alpha value is -2.77. The van der Waals surface area contributed by atoms with Crippen LogP contribution in [-0.2, 0) is 0 Å². The summed E-state index contributed by atoms with van der Waals surface area (Å²) in [4.78, 5) is 13.0. The third-order valence-corrected chi connectivity index (χ3v) is 4.31. The maximum absolute atomic E-state index is 13.3. The quantitative estimate of drug-likeness (QED) is 0.753. The van der Waals surface area contributed by atoms with Gasteiger partial charge in [0.15, 0.2) is 5.65 Å². The van der Waals surface area contributed by atoms with Crippen LogP contribution >= 0.6 is 0 Å². The summed E-state index contributed by atoms with van der Waals surface area (Å²) < 4.78 is 28.3. The molecule has 0 saturated heterocycles. The van der Waals surface area contributed by atoms with E-state index in [1.165, 1.54) is 0 Å². The summed E-state index contributed by atoms with van der Waals surface area (Å²) >= 11 is 0. The molecule has 1 aliphatic carbocycles. The molecule has 124 valence electrons. The summed E-state index contributed by atoms with van der Waals surface area (Å²) in [7, 11) is 0. The van der Waals surface area contributed by atoms with E-state index in [9.17, 15) is 8.78 Å². The van der Waals surface area contributed by atoms with Gasteiger partial charge < -0.3 is 16.0 Å². The maximum atomic E-state index is 13.3. The van der Waals surface area contributed by atoms with E-state index < -0.39 is 5.92 Å². The second-order valence-corrected chi connectivity index (χ2v) is 6.19. The zero-order valence-electron chi connectivity index (χ0n) is 13.0. The minimum atomic E-state index is -2.60. The largest absolute Gasteiger partial charge is 0.384 e. The van der Waals surface area contributed by atoms with Gasteiger partial charge in [-0.3, -0.25) is 0 Å². The highest BCUT2D eigenvalue weighted by Gasteiger charge is 2.47. The van der Waals surface area contributed by atoms with Crippen molar-refractivity contribution in [1.29, 1.82) is 0 Å². The Morgan fingerprint density at radius 1 is 1.08 bits per heavy atom. The third kappa shape index (κ3) is 2.34. The number of pyridine rings is 2. The van der Waals surface area contributed by atoms with Crippen LogP contribution in [0.2, 0.25) is 0 Å². The van der Waals surface area contributed by atoms with Crippen LogP contribution in [0.15, 0.2) is 24.3 Å². The number of imidazole rings is 1. The Morgan fingerprint density at radius 2 is 1.75 bits per heavy atom. The lowest BCUT2D eigenvalue weighted by molar-refractivity contribution is -0.103. The minimum Gasteiger partial charge on any atom is -0.384 e. The van der Waals surface area contributed by atoms with Crippen LogP contribution in [0.4, 0.5) is 20.4 Å². The number of alkyl halides is 2. The lowest BCUT2D eigenvalue weighted by Crippen LogP contribution is -2.37. The van der Waals surface area contributed by atoms with Crippen molar-refractivity contribution in [2.45, 2.75) is 31.7 Å². The summed E-state index contributed by atoms with van der Waals surface area (Å²) in [6.07, 6.45) is -0.360. The van der Waals surface area contributed by atoms with Gasteiger partial charge in [0, 0.05) is 24.4 Å². The van der Waals surface area contributed by atoms with Crippen LogP contribution in [0.3, 0.4) is 0 Å². The first kappa shape index (κ1) is 14.8. The Balaban J connectivity index is 1.82. The fourth-order valence-corrected chi connectivity index (χ4v) is 3.22. The molecule has 0 bridgehead atoms. The van der Waals surface area contributed by atoms with Gasteiger partial charge in [-0.1, -0.05) is 0 Å². The average molecular weight is 330 g/mol. The normalized spacial score (nSPS) is 17.1. The number of aromatic nitrogens is 4.